The average Bonchev–Trinajstić information content (AvgIpc) is 2.05. The van der Waals surface area contributed by atoms with Crippen LogP contribution in [0.4, 0.5) is 0 Å². The van der Waals surface area contributed by atoms with Crippen LogP contribution in [0.1, 0.15) is 46.0 Å². The minimum Gasteiger partial charge on any atom is -0.314 e. The van der Waals surface area contributed by atoms with Crippen molar-refractivity contribution in [3.05, 3.63) is 11.4 Å². The molecule has 1 aliphatic rings. The van der Waals surface area contributed by atoms with Crippen molar-refractivity contribution in [2.45, 2.75) is 52.0 Å². The first-order chi connectivity index (χ1) is 5.72. The highest BCUT2D eigenvalue weighted by Gasteiger charge is 2.24. The maximum Gasteiger partial charge on any atom is 0.223 e. The van der Waals surface area contributed by atoms with Crippen molar-refractivity contribution >= 4 is 0 Å². The van der Waals surface area contributed by atoms with E-state index in [4.69, 9.17) is 6.57 Å². The van der Waals surface area contributed by atoms with Crippen LogP contribution in [-0.4, -0.2) is 6.04 Å². The van der Waals surface area contributed by atoms with E-state index in [1.54, 1.807) is 0 Å². The van der Waals surface area contributed by atoms with Gasteiger partial charge in [-0.15, -0.1) is 0 Å². The Hall–Kier alpha value is -0.510. The van der Waals surface area contributed by atoms with Crippen molar-refractivity contribution in [3.8, 4) is 0 Å². The molecule has 0 atom stereocenters. The van der Waals surface area contributed by atoms with Crippen molar-refractivity contribution in [1.29, 1.82) is 0 Å². The first-order valence-electron chi connectivity index (χ1n) is 5.09. The van der Waals surface area contributed by atoms with Crippen LogP contribution in [0, 0.1) is 18.4 Å². The topological polar surface area (TPSA) is 4.36 Å². The van der Waals surface area contributed by atoms with E-state index < -0.39 is 0 Å². The second-order valence-corrected chi connectivity index (χ2v) is 4.43. The monoisotopic (exact) mass is 165 g/mol. The molecule has 0 aromatic carbocycles. The van der Waals surface area contributed by atoms with E-state index in [1.165, 1.54) is 19.3 Å². The summed E-state index contributed by atoms with van der Waals surface area (Å²) in [6.45, 7) is 11.5. The van der Waals surface area contributed by atoms with Crippen molar-refractivity contribution in [1.82, 2.24) is 0 Å². The molecule has 0 unspecified atom stereocenters. The summed E-state index contributed by atoms with van der Waals surface area (Å²) >= 11 is 0. The van der Waals surface area contributed by atoms with Gasteiger partial charge in [0.1, 0.15) is 0 Å². The molecular formula is C11H19N. The number of hydrogen-bond donors (Lipinski definition) is 0. The fraction of sp³-hybridized carbons (Fsp3) is 0.909. The normalized spacial score (nSPS) is 30.2. The molecule has 0 aliphatic heterocycles. The third-order valence-electron chi connectivity index (χ3n) is 2.80. The molecule has 0 amide bonds. The van der Waals surface area contributed by atoms with E-state index in [-0.39, 0.29) is 0 Å². The molecule has 0 aromatic heterocycles. The molecule has 1 saturated carbocycles. The van der Waals surface area contributed by atoms with E-state index >= 15 is 0 Å². The Bertz CT molecular complexity index is 158. The van der Waals surface area contributed by atoms with E-state index in [2.05, 4.69) is 18.7 Å². The Morgan fingerprint density at radius 3 is 2.25 bits per heavy atom. The van der Waals surface area contributed by atoms with Crippen LogP contribution in [0.3, 0.4) is 0 Å². The lowest BCUT2D eigenvalue weighted by Crippen LogP contribution is -2.17. The quantitative estimate of drug-likeness (QED) is 0.551. The van der Waals surface area contributed by atoms with Crippen molar-refractivity contribution in [2.24, 2.45) is 11.8 Å². The molecule has 0 heterocycles. The Morgan fingerprint density at radius 2 is 1.83 bits per heavy atom. The van der Waals surface area contributed by atoms with E-state index in [0.29, 0.717) is 6.04 Å². The van der Waals surface area contributed by atoms with Gasteiger partial charge in [0, 0.05) is 12.8 Å². The Balaban J connectivity index is 2.23. The Morgan fingerprint density at radius 1 is 1.25 bits per heavy atom. The largest absolute Gasteiger partial charge is 0.314 e. The molecule has 1 nitrogen and oxygen atoms in total. The molecule has 1 heteroatoms. The summed E-state index contributed by atoms with van der Waals surface area (Å²) in [5, 5.41) is 0. The fourth-order valence-corrected chi connectivity index (χ4v) is 2.18. The third-order valence-corrected chi connectivity index (χ3v) is 2.80. The first-order valence-corrected chi connectivity index (χ1v) is 5.09. The fourth-order valence-electron chi connectivity index (χ4n) is 2.18. The zero-order chi connectivity index (χ0) is 8.97. The molecule has 0 aromatic rings. The summed E-state index contributed by atoms with van der Waals surface area (Å²) in [6.07, 6.45) is 6.27. The van der Waals surface area contributed by atoms with Gasteiger partial charge in [0.05, 0.1) is 0 Å². The van der Waals surface area contributed by atoms with Gasteiger partial charge in [-0.2, -0.15) is 0 Å². The molecule has 1 aliphatic carbocycles. The third kappa shape index (κ3) is 2.85. The second-order valence-electron chi connectivity index (χ2n) is 4.43. The van der Waals surface area contributed by atoms with Crippen molar-refractivity contribution < 1.29 is 0 Å². The van der Waals surface area contributed by atoms with Gasteiger partial charge in [0.15, 0.2) is 0 Å². The summed E-state index contributed by atoms with van der Waals surface area (Å²) in [5.41, 5.74) is 0. The lowest BCUT2D eigenvalue weighted by molar-refractivity contribution is 0.297. The standard InChI is InChI=1S/C11H19N/c1-9(2)8-10-4-6-11(12-3)7-5-10/h9-11H,4-8H2,1-2H3. The second kappa shape index (κ2) is 4.50. The van der Waals surface area contributed by atoms with E-state index in [1.807, 2.05) is 0 Å². The van der Waals surface area contributed by atoms with Gasteiger partial charge in [-0.3, -0.25) is 0 Å². The summed E-state index contributed by atoms with van der Waals surface area (Å²) in [5.74, 6) is 1.75. The minimum atomic E-state index is 0.355. The predicted octanol–water partition coefficient (Wildman–Crippen LogP) is 3.51. The van der Waals surface area contributed by atoms with Crippen LogP contribution < -0.4 is 0 Å². The van der Waals surface area contributed by atoms with Crippen LogP contribution >= 0.6 is 0 Å². The highest BCUT2D eigenvalue weighted by molar-refractivity contribution is 4.84. The molecular weight excluding hydrogens is 146 g/mol. The molecule has 68 valence electrons. The van der Waals surface area contributed by atoms with Crippen LogP contribution in [-0.2, 0) is 0 Å². The van der Waals surface area contributed by atoms with Gasteiger partial charge >= 0.3 is 0 Å². The Labute approximate surface area is 76.0 Å². The molecule has 0 N–H and O–H groups in total. The molecule has 0 radical (unpaired) electrons. The SMILES string of the molecule is [C-]#[N+]C1CCC(CC(C)C)CC1. The maximum absolute atomic E-state index is 6.93. The average molecular weight is 165 g/mol. The highest BCUT2D eigenvalue weighted by Crippen LogP contribution is 2.30. The molecule has 1 rings (SSSR count). The van der Waals surface area contributed by atoms with Crippen LogP contribution in [0.15, 0.2) is 0 Å². The van der Waals surface area contributed by atoms with E-state index in [0.717, 1.165) is 24.7 Å². The summed E-state index contributed by atoms with van der Waals surface area (Å²) in [7, 11) is 0. The maximum atomic E-state index is 6.93. The summed E-state index contributed by atoms with van der Waals surface area (Å²) in [6, 6.07) is 0.355. The summed E-state index contributed by atoms with van der Waals surface area (Å²) in [4.78, 5) is 3.61. The number of rotatable bonds is 2. The van der Waals surface area contributed by atoms with Crippen molar-refractivity contribution in [2.75, 3.05) is 0 Å². The van der Waals surface area contributed by atoms with Gasteiger partial charge in [0.25, 0.3) is 0 Å². The van der Waals surface area contributed by atoms with Gasteiger partial charge in [-0.05, 0) is 31.1 Å². The van der Waals surface area contributed by atoms with Gasteiger partial charge in [-0.25, -0.2) is 6.57 Å². The molecule has 0 spiro atoms. The van der Waals surface area contributed by atoms with Gasteiger partial charge < -0.3 is 4.85 Å². The van der Waals surface area contributed by atoms with Crippen LogP contribution in [0.25, 0.3) is 4.85 Å². The molecule has 12 heavy (non-hydrogen) atoms. The van der Waals surface area contributed by atoms with Gasteiger partial charge in [0.2, 0.25) is 6.04 Å². The van der Waals surface area contributed by atoms with Crippen molar-refractivity contribution in [3.63, 3.8) is 0 Å². The van der Waals surface area contributed by atoms with Crippen LogP contribution in [0.5, 0.6) is 0 Å². The zero-order valence-electron chi connectivity index (χ0n) is 8.21. The molecule has 0 bridgehead atoms. The van der Waals surface area contributed by atoms with Gasteiger partial charge in [-0.1, -0.05) is 13.8 Å². The summed E-state index contributed by atoms with van der Waals surface area (Å²) < 4.78 is 0. The smallest absolute Gasteiger partial charge is 0.223 e. The lowest BCUT2D eigenvalue weighted by atomic mass is 9.82. The highest BCUT2D eigenvalue weighted by atomic mass is 14.7. The Kier molecular flexibility index (Phi) is 3.59. The predicted molar refractivity (Wildman–Crippen MR) is 51.8 cm³/mol. The number of hydrogen-bond acceptors (Lipinski definition) is 0. The number of nitrogens with zero attached hydrogens (tertiary/aromatic N) is 1. The molecule has 1 fully saturated rings. The lowest BCUT2D eigenvalue weighted by Gasteiger charge is -2.23. The van der Waals surface area contributed by atoms with E-state index in [9.17, 15) is 0 Å². The zero-order valence-corrected chi connectivity index (χ0v) is 8.21. The first kappa shape index (κ1) is 9.58. The molecule has 0 saturated heterocycles. The van der Waals surface area contributed by atoms with Crippen LogP contribution in [0.2, 0.25) is 0 Å². The minimum absolute atomic E-state index is 0.355.